The average Bonchev–Trinajstić information content (AvgIpc) is 3.05. The zero-order valence-corrected chi connectivity index (χ0v) is 15.1. The molecule has 4 nitrogen and oxygen atoms in total. The van der Waals surface area contributed by atoms with Crippen LogP contribution in [0.15, 0.2) is 18.2 Å². The van der Waals surface area contributed by atoms with Crippen LogP contribution in [0.25, 0.3) is 10.2 Å². The molecule has 1 aromatic heterocycles. The molecule has 1 heterocycles. The largest absolute Gasteiger partial charge is 0.356 e. The van der Waals surface area contributed by atoms with Crippen molar-refractivity contribution in [3.63, 3.8) is 0 Å². The predicted octanol–water partition coefficient (Wildman–Crippen LogP) is 3.55. The summed E-state index contributed by atoms with van der Waals surface area (Å²) in [5.74, 6) is 0.455. The average molecular weight is 374 g/mol. The fraction of sp³-hybridized carbons (Fsp3) is 0.500. The standard InChI is InChI=1S/C16H20ClN3OS.ClH/c17-11-4-5-14-13(9-11)20-16(22-14)6-7-19-15(21)8-10-2-1-3-12(10)18;/h4-5,9-10,12H,1-3,6-8,18H2,(H,19,21);1H/t10-,12+;/m0./s1. The molecular weight excluding hydrogens is 353 g/mol. The summed E-state index contributed by atoms with van der Waals surface area (Å²) < 4.78 is 1.13. The van der Waals surface area contributed by atoms with Gasteiger partial charge in [-0.2, -0.15) is 0 Å². The lowest BCUT2D eigenvalue weighted by Gasteiger charge is -2.14. The normalized spacial score (nSPS) is 20.4. The van der Waals surface area contributed by atoms with Gasteiger partial charge in [0.05, 0.1) is 15.2 Å². The van der Waals surface area contributed by atoms with Crippen molar-refractivity contribution in [1.29, 1.82) is 0 Å². The molecule has 1 aliphatic rings. The van der Waals surface area contributed by atoms with Crippen LogP contribution < -0.4 is 11.1 Å². The number of hydrogen-bond acceptors (Lipinski definition) is 4. The number of halogens is 2. The number of amides is 1. The Hall–Kier alpha value is -0.880. The maximum Gasteiger partial charge on any atom is 0.220 e. The van der Waals surface area contributed by atoms with E-state index in [2.05, 4.69) is 10.3 Å². The molecular formula is C16H21Cl2N3OS. The van der Waals surface area contributed by atoms with E-state index in [0.717, 1.165) is 40.9 Å². The molecule has 3 rings (SSSR count). The molecule has 7 heteroatoms. The minimum Gasteiger partial charge on any atom is -0.356 e. The number of hydrogen-bond donors (Lipinski definition) is 2. The maximum atomic E-state index is 12.0. The monoisotopic (exact) mass is 373 g/mol. The zero-order chi connectivity index (χ0) is 15.5. The first-order chi connectivity index (χ1) is 10.6. The van der Waals surface area contributed by atoms with Crippen molar-refractivity contribution in [3.05, 3.63) is 28.2 Å². The number of rotatable bonds is 5. The Morgan fingerprint density at radius 1 is 1.43 bits per heavy atom. The number of thiazole rings is 1. The summed E-state index contributed by atoms with van der Waals surface area (Å²) in [6, 6.07) is 5.92. The summed E-state index contributed by atoms with van der Waals surface area (Å²) in [4.78, 5) is 16.5. The Kier molecular flexibility index (Phi) is 6.65. The third-order valence-electron chi connectivity index (χ3n) is 4.22. The third-order valence-corrected chi connectivity index (χ3v) is 5.55. The van der Waals surface area contributed by atoms with E-state index in [0.29, 0.717) is 23.9 Å². The lowest BCUT2D eigenvalue weighted by Crippen LogP contribution is -2.32. The zero-order valence-electron chi connectivity index (χ0n) is 12.8. The van der Waals surface area contributed by atoms with Crippen LogP contribution in [-0.2, 0) is 11.2 Å². The molecule has 23 heavy (non-hydrogen) atoms. The van der Waals surface area contributed by atoms with Gasteiger partial charge in [-0.3, -0.25) is 4.79 Å². The molecule has 2 aromatic rings. The summed E-state index contributed by atoms with van der Waals surface area (Å²) >= 11 is 7.61. The van der Waals surface area contributed by atoms with E-state index in [1.807, 2.05) is 18.2 Å². The van der Waals surface area contributed by atoms with Gasteiger partial charge in [-0.1, -0.05) is 18.0 Å². The highest BCUT2D eigenvalue weighted by Gasteiger charge is 2.25. The topological polar surface area (TPSA) is 68.0 Å². The van der Waals surface area contributed by atoms with Crippen molar-refractivity contribution in [2.24, 2.45) is 11.7 Å². The molecule has 0 radical (unpaired) electrons. The smallest absolute Gasteiger partial charge is 0.220 e. The van der Waals surface area contributed by atoms with Crippen LogP contribution in [0.3, 0.4) is 0 Å². The van der Waals surface area contributed by atoms with Gasteiger partial charge in [-0.15, -0.1) is 23.7 Å². The van der Waals surface area contributed by atoms with Crippen LogP contribution in [0.5, 0.6) is 0 Å². The van der Waals surface area contributed by atoms with Gasteiger partial charge in [-0.05, 0) is 37.0 Å². The molecule has 0 bridgehead atoms. The van der Waals surface area contributed by atoms with Crippen molar-refractivity contribution in [2.45, 2.75) is 38.1 Å². The quantitative estimate of drug-likeness (QED) is 0.841. The number of nitrogens with two attached hydrogens (primary N) is 1. The Balaban J connectivity index is 0.00000192. The van der Waals surface area contributed by atoms with Crippen molar-refractivity contribution >= 4 is 51.5 Å². The van der Waals surface area contributed by atoms with Gasteiger partial charge in [0, 0.05) is 30.5 Å². The lowest BCUT2D eigenvalue weighted by molar-refractivity contribution is -0.122. The van der Waals surface area contributed by atoms with Gasteiger partial charge in [-0.25, -0.2) is 4.98 Å². The van der Waals surface area contributed by atoms with Crippen LogP contribution >= 0.6 is 35.3 Å². The van der Waals surface area contributed by atoms with E-state index in [9.17, 15) is 4.79 Å². The van der Waals surface area contributed by atoms with E-state index in [-0.39, 0.29) is 24.4 Å². The SMILES string of the molecule is Cl.N[C@@H]1CCC[C@H]1CC(=O)NCCc1nc2cc(Cl)ccc2s1. The van der Waals surface area contributed by atoms with Crippen LogP contribution in [0.2, 0.25) is 5.02 Å². The number of nitrogens with one attached hydrogen (secondary N) is 1. The summed E-state index contributed by atoms with van der Waals surface area (Å²) in [6.07, 6.45) is 4.57. The molecule has 0 spiro atoms. The third kappa shape index (κ3) is 4.80. The molecule has 1 saturated carbocycles. The molecule has 1 amide bonds. The summed E-state index contributed by atoms with van der Waals surface area (Å²) in [7, 11) is 0. The van der Waals surface area contributed by atoms with Crippen molar-refractivity contribution in [1.82, 2.24) is 10.3 Å². The van der Waals surface area contributed by atoms with Crippen molar-refractivity contribution in [2.75, 3.05) is 6.54 Å². The number of carbonyl (C=O) groups is 1. The molecule has 126 valence electrons. The predicted molar refractivity (Wildman–Crippen MR) is 98.5 cm³/mol. The van der Waals surface area contributed by atoms with Gasteiger partial charge in [0.1, 0.15) is 0 Å². The maximum absolute atomic E-state index is 12.0. The highest BCUT2D eigenvalue weighted by atomic mass is 35.5. The molecule has 3 N–H and O–H groups in total. The Bertz CT molecular complexity index is 676. The molecule has 0 saturated heterocycles. The van der Waals surface area contributed by atoms with E-state index in [1.54, 1.807) is 11.3 Å². The first kappa shape index (κ1) is 18.5. The van der Waals surface area contributed by atoms with Crippen LogP contribution in [0.4, 0.5) is 0 Å². The highest BCUT2D eigenvalue weighted by Crippen LogP contribution is 2.27. The Morgan fingerprint density at radius 3 is 3.00 bits per heavy atom. The van der Waals surface area contributed by atoms with Gasteiger partial charge in [0.15, 0.2) is 0 Å². The number of benzene rings is 1. The molecule has 0 unspecified atom stereocenters. The summed E-state index contributed by atoms with van der Waals surface area (Å²) in [5, 5.41) is 4.70. The minimum atomic E-state index is 0. The summed E-state index contributed by atoms with van der Waals surface area (Å²) in [6.45, 7) is 0.619. The number of aromatic nitrogens is 1. The van der Waals surface area contributed by atoms with Crippen molar-refractivity contribution in [3.8, 4) is 0 Å². The molecule has 1 aromatic carbocycles. The second kappa shape index (κ2) is 8.29. The van der Waals surface area contributed by atoms with E-state index < -0.39 is 0 Å². The van der Waals surface area contributed by atoms with E-state index in [4.69, 9.17) is 17.3 Å². The van der Waals surface area contributed by atoms with Gasteiger partial charge in [0.25, 0.3) is 0 Å². The van der Waals surface area contributed by atoms with E-state index >= 15 is 0 Å². The number of carbonyl (C=O) groups excluding carboxylic acids is 1. The first-order valence-corrected chi connectivity index (χ1v) is 8.88. The fourth-order valence-electron chi connectivity index (χ4n) is 2.99. The number of fused-ring (bicyclic) bond motifs is 1. The number of nitrogens with zero attached hydrogens (tertiary/aromatic N) is 1. The van der Waals surface area contributed by atoms with Crippen molar-refractivity contribution < 1.29 is 4.79 Å². The second-order valence-electron chi connectivity index (χ2n) is 5.88. The van der Waals surface area contributed by atoms with Gasteiger partial charge >= 0.3 is 0 Å². The summed E-state index contributed by atoms with van der Waals surface area (Å²) in [5.41, 5.74) is 6.93. The minimum absolute atomic E-state index is 0. The van der Waals surface area contributed by atoms with Gasteiger partial charge < -0.3 is 11.1 Å². The van der Waals surface area contributed by atoms with E-state index in [1.165, 1.54) is 0 Å². The Morgan fingerprint density at radius 2 is 2.26 bits per heavy atom. The first-order valence-electron chi connectivity index (χ1n) is 7.69. The Labute approximate surface area is 151 Å². The van der Waals surface area contributed by atoms with Crippen LogP contribution in [-0.4, -0.2) is 23.5 Å². The second-order valence-corrected chi connectivity index (χ2v) is 7.43. The molecule has 2 atom stereocenters. The molecule has 1 aliphatic carbocycles. The highest BCUT2D eigenvalue weighted by molar-refractivity contribution is 7.18. The van der Waals surface area contributed by atoms with Crippen LogP contribution in [0.1, 0.15) is 30.7 Å². The molecule has 1 fully saturated rings. The van der Waals surface area contributed by atoms with Gasteiger partial charge in [0.2, 0.25) is 5.91 Å². The molecule has 0 aliphatic heterocycles. The fourth-order valence-corrected chi connectivity index (χ4v) is 4.11. The van der Waals surface area contributed by atoms with Crippen LogP contribution in [0, 0.1) is 5.92 Å². The lowest BCUT2D eigenvalue weighted by atomic mass is 10.00.